The minimum absolute atomic E-state index is 0.0640. The summed E-state index contributed by atoms with van der Waals surface area (Å²) in [4.78, 5) is 20.0. The quantitative estimate of drug-likeness (QED) is 0.178. The summed E-state index contributed by atoms with van der Waals surface area (Å²) in [5, 5.41) is 3.41. The summed E-state index contributed by atoms with van der Waals surface area (Å²) < 4.78 is 65.8. The molecule has 54 heavy (non-hydrogen) atoms. The van der Waals surface area contributed by atoms with Gasteiger partial charge in [-0.15, -0.1) is 11.3 Å². The molecular formula is C48H29N5S. The van der Waals surface area contributed by atoms with Crippen LogP contribution in [0.1, 0.15) is 9.60 Å². The van der Waals surface area contributed by atoms with E-state index < -0.39 is 12.1 Å². The highest BCUT2D eigenvalue weighted by atomic mass is 32.1. The van der Waals surface area contributed by atoms with E-state index in [4.69, 9.17) is 24.5 Å². The normalized spacial score (nSPS) is 13.5. The average molecular weight is 715 g/mol. The van der Waals surface area contributed by atoms with Gasteiger partial charge in [0.05, 0.1) is 31.8 Å². The maximum atomic E-state index is 9.13. The van der Waals surface area contributed by atoms with Crippen molar-refractivity contribution in [3.8, 4) is 51.0 Å². The Bertz CT molecular complexity index is 3650. The van der Waals surface area contributed by atoms with Gasteiger partial charge in [-0.3, -0.25) is 4.98 Å². The number of nitrogens with zero attached hydrogens (tertiary/aromatic N) is 5. The van der Waals surface area contributed by atoms with E-state index in [-0.39, 0.29) is 57.8 Å². The van der Waals surface area contributed by atoms with Crippen LogP contribution in [-0.2, 0) is 0 Å². The summed E-state index contributed by atoms with van der Waals surface area (Å²) in [5.74, 6) is 1.07. The molecule has 0 fully saturated rings. The van der Waals surface area contributed by atoms with E-state index in [2.05, 4.69) is 59.6 Å². The van der Waals surface area contributed by atoms with Crippen LogP contribution in [0.3, 0.4) is 0 Å². The number of hydrogen-bond acceptors (Lipinski definition) is 5. The van der Waals surface area contributed by atoms with E-state index in [0.29, 0.717) is 22.9 Å². The molecule has 4 heterocycles. The molecule has 0 bridgehead atoms. The van der Waals surface area contributed by atoms with Crippen molar-refractivity contribution in [2.45, 2.75) is 0 Å². The third-order valence-corrected chi connectivity index (χ3v) is 11.0. The number of thiophene rings is 1. The van der Waals surface area contributed by atoms with Crippen LogP contribution < -0.4 is 0 Å². The number of rotatable bonds is 5. The molecule has 0 aliphatic rings. The molecular weight excluding hydrogens is 679 g/mol. The lowest BCUT2D eigenvalue weighted by atomic mass is 10.0. The zero-order valence-electron chi connectivity index (χ0n) is 35.3. The molecule has 11 rings (SSSR count). The van der Waals surface area contributed by atoms with Gasteiger partial charge in [0.15, 0.2) is 17.5 Å². The Labute approximate surface area is 324 Å². The van der Waals surface area contributed by atoms with Crippen LogP contribution in [0.5, 0.6) is 0 Å². The Kier molecular flexibility index (Phi) is 5.53. The minimum atomic E-state index is -0.465. The van der Waals surface area contributed by atoms with Crippen molar-refractivity contribution in [3.63, 3.8) is 0 Å². The largest absolute Gasteiger partial charge is 0.309 e. The van der Waals surface area contributed by atoms with Crippen molar-refractivity contribution < 1.29 is 9.60 Å². The van der Waals surface area contributed by atoms with Crippen molar-refractivity contribution >= 4 is 64.2 Å². The van der Waals surface area contributed by atoms with E-state index in [1.54, 1.807) is 34.2 Å². The molecule has 6 heteroatoms. The number of pyridine rings is 1. The van der Waals surface area contributed by atoms with E-state index in [0.717, 1.165) is 33.2 Å². The van der Waals surface area contributed by atoms with Crippen LogP contribution in [0.15, 0.2) is 176 Å². The highest BCUT2D eigenvalue weighted by Gasteiger charge is 2.20. The molecule has 0 N–H and O–H groups in total. The van der Waals surface area contributed by atoms with Crippen LogP contribution in [0.2, 0.25) is 0 Å². The maximum Gasteiger partial charge on any atom is 0.166 e. The number of benzene rings is 7. The fraction of sp³-hybridized carbons (Fsp3) is 0. The molecule has 0 spiro atoms. The lowest BCUT2D eigenvalue weighted by Crippen LogP contribution is -2.04. The number of hydrogen-bond donors (Lipinski definition) is 0. The van der Waals surface area contributed by atoms with E-state index in [1.807, 2.05) is 54.6 Å². The minimum Gasteiger partial charge on any atom is -0.309 e. The van der Waals surface area contributed by atoms with Gasteiger partial charge < -0.3 is 4.57 Å². The first kappa shape index (κ1) is 24.3. The van der Waals surface area contributed by atoms with Gasteiger partial charge in [-0.25, -0.2) is 15.0 Å². The second-order valence-electron chi connectivity index (χ2n) is 12.9. The summed E-state index contributed by atoms with van der Waals surface area (Å²) >= 11 is 1.76. The molecule has 5 nitrogen and oxygen atoms in total. The van der Waals surface area contributed by atoms with Gasteiger partial charge in [0.25, 0.3) is 0 Å². The van der Waals surface area contributed by atoms with E-state index >= 15 is 0 Å². The fourth-order valence-electron chi connectivity index (χ4n) is 7.41. The number of fused-ring (bicyclic) bond motifs is 7. The van der Waals surface area contributed by atoms with Gasteiger partial charge >= 0.3 is 0 Å². The first-order valence-corrected chi connectivity index (χ1v) is 18.2. The predicted molar refractivity (Wildman–Crippen MR) is 224 cm³/mol. The molecule has 0 unspecified atom stereocenters. The molecule has 0 saturated carbocycles. The standard InChI is InChI=1S/C48H29N5S/c1-5-24-41-34(15-1)35-16-2-6-25-42(35)53(41)43-26-7-3-18-39(43)48-51-46(50-47(52-48)38-21-11-23-40-33(38)22-12-28-49-40)31-14-9-13-30(29-31)32-19-10-20-37-36-17-4-8-27-44(36)54-45(32)37/h1-29H/i1D,2D,5D,15D,16D,24D,25D. The molecule has 4 aromatic heterocycles. The van der Waals surface area contributed by atoms with Crippen LogP contribution in [-0.4, -0.2) is 24.5 Å². The molecule has 0 aliphatic carbocycles. The number of aromatic nitrogens is 5. The second-order valence-corrected chi connectivity index (χ2v) is 14.0. The highest BCUT2D eigenvalue weighted by molar-refractivity contribution is 7.26. The van der Waals surface area contributed by atoms with Gasteiger partial charge in [0, 0.05) is 59.2 Å². The van der Waals surface area contributed by atoms with Gasteiger partial charge in [-0.2, -0.15) is 0 Å². The van der Waals surface area contributed by atoms with Gasteiger partial charge in [-0.1, -0.05) is 121 Å². The molecule has 0 amide bonds. The van der Waals surface area contributed by atoms with Crippen molar-refractivity contribution in [1.82, 2.24) is 24.5 Å². The predicted octanol–water partition coefficient (Wildman–Crippen LogP) is 12.6. The molecule has 0 aliphatic heterocycles. The number of para-hydroxylation sites is 3. The van der Waals surface area contributed by atoms with Gasteiger partial charge in [0.2, 0.25) is 0 Å². The Balaban J connectivity index is 1.19. The topological polar surface area (TPSA) is 56.5 Å². The maximum absolute atomic E-state index is 9.13. The summed E-state index contributed by atoms with van der Waals surface area (Å²) in [7, 11) is 0. The summed E-state index contributed by atoms with van der Waals surface area (Å²) in [6, 6.07) is 38.9. The zero-order chi connectivity index (χ0) is 41.7. The van der Waals surface area contributed by atoms with Crippen LogP contribution >= 0.6 is 11.3 Å². The average Bonchev–Trinajstić information content (AvgIpc) is 3.87. The lowest BCUT2D eigenvalue weighted by molar-refractivity contribution is 1.07. The molecule has 7 aromatic carbocycles. The second kappa shape index (κ2) is 12.3. The Hall–Kier alpha value is -7.02. The van der Waals surface area contributed by atoms with Gasteiger partial charge in [0.1, 0.15) is 0 Å². The molecule has 11 aromatic rings. The fourth-order valence-corrected chi connectivity index (χ4v) is 8.65. The van der Waals surface area contributed by atoms with Crippen LogP contribution in [0.4, 0.5) is 0 Å². The summed E-state index contributed by atoms with van der Waals surface area (Å²) in [5.41, 5.74) is 5.51. The first-order chi connectivity index (χ1) is 29.7. The van der Waals surface area contributed by atoms with Crippen molar-refractivity contribution in [3.05, 3.63) is 176 Å². The van der Waals surface area contributed by atoms with Crippen LogP contribution in [0.25, 0.3) is 104 Å². The van der Waals surface area contributed by atoms with E-state index in [9.17, 15) is 0 Å². The molecule has 0 atom stereocenters. The third-order valence-electron chi connectivity index (χ3n) is 9.82. The van der Waals surface area contributed by atoms with Crippen molar-refractivity contribution in [1.29, 1.82) is 0 Å². The third kappa shape index (κ3) is 4.85. The Morgan fingerprint density at radius 2 is 1.17 bits per heavy atom. The molecule has 0 saturated heterocycles. The Morgan fingerprint density at radius 1 is 0.481 bits per heavy atom. The smallest absolute Gasteiger partial charge is 0.166 e. The van der Waals surface area contributed by atoms with Crippen molar-refractivity contribution in [2.75, 3.05) is 0 Å². The first-order valence-electron chi connectivity index (χ1n) is 20.9. The Morgan fingerprint density at radius 3 is 2.13 bits per heavy atom. The molecule has 0 radical (unpaired) electrons. The van der Waals surface area contributed by atoms with E-state index in [1.165, 1.54) is 26.2 Å². The summed E-state index contributed by atoms with van der Waals surface area (Å²) in [6.45, 7) is 0. The van der Waals surface area contributed by atoms with Crippen molar-refractivity contribution in [2.24, 2.45) is 0 Å². The van der Waals surface area contributed by atoms with Gasteiger partial charge in [-0.05, 0) is 59.6 Å². The summed E-state index contributed by atoms with van der Waals surface area (Å²) in [6.07, 6.45) is 1.74. The van der Waals surface area contributed by atoms with Crippen LogP contribution in [0, 0.1) is 0 Å². The monoisotopic (exact) mass is 714 g/mol. The highest BCUT2D eigenvalue weighted by Crippen LogP contribution is 2.41. The SMILES string of the molecule is [2H]c1cc([2H])c2c(c1[2H])c1c([2H])c([2H])c([2H])c([2H])c1n2-c1ccccc1-c1nc(-c2cccc(-c3cccc4c3sc3ccccc34)c2)nc(-c2cccc3ncccc23)n1. The zero-order valence-corrected chi connectivity index (χ0v) is 29.2. The lowest BCUT2D eigenvalue weighted by Gasteiger charge is -2.15. The molecule has 252 valence electrons.